The van der Waals surface area contributed by atoms with Crippen LogP contribution in [0.3, 0.4) is 0 Å². The molecule has 0 saturated carbocycles. The normalized spacial score (nSPS) is 21.3. The van der Waals surface area contributed by atoms with Gasteiger partial charge in [-0.2, -0.15) is 13.2 Å². The van der Waals surface area contributed by atoms with Crippen molar-refractivity contribution in [1.82, 2.24) is 4.90 Å². The van der Waals surface area contributed by atoms with Gasteiger partial charge in [-0.05, 0) is 53.9 Å². The molecule has 2 aliphatic heterocycles. The van der Waals surface area contributed by atoms with Gasteiger partial charge in [0.2, 0.25) is 0 Å². The lowest BCUT2D eigenvalue weighted by Crippen LogP contribution is -2.20. The quantitative estimate of drug-likeness (QED) is 0.548. The first-order valence-electron chi connectivity index (χ1n) is 9.27. The van der Waals surface area contributed by atoms with Gasteiger partial charge in [-0.3, -0.25) is 4.99 Å². The van der Waals surface area contributed by atoms with Crippen LogP contribution in [0.5, 0.6) is 0 Å². The number of allylic oxidation sites excluding steroid dienone is 8. The van der Waals surface area contributed by atoms with E-state index in [9.17, 15) is 13.2 Å². The van der Waals surface area contributed by atoms with E-state index in [-0.39, 0.29) is 6.54 Å². The van der Waals surface area contributed by atoms with Gasteiger partial charge >= 0.3 is 6.18 Å². The summed E-state index contributed by atoms with van der Waals surface area (Å²) in [6, 6.07) is 0. The predicted molar refractivity (Wildman–Crippen MR) is 115 cm³/mol. The summed E-state index contributed by atoms with van der Waals surface area (Å²) in [5, 5.41) is 2.73. The van der Waals surface area contributed by atoms with E-state index in [0.717, 1.165) is 32.5 Å². The molecule has 0 spiro atoms. The van der Waals surface area contributed by atoms with E-state index in [1.54, 1.807) is 0 Å². The fourth-order valence-corrected chi connectivity index (χ4v) is 5.39. The van der Waals surface area contributed by atoms with Crippen LogP contribution in [-0.2, 0) is 4.74 Å². The average molecular weight is 439 g/mol. The van der Waals surface area contributed by atoms with Crippen molar-refractivity contribution in [1.29, 1.82) is 0 Å². The highest BCUT2D eigenvalue weighted by atomic mass is 32.2. The number of rotatable bonds is 5. The predicted octanol–water partition coefficient (Wildman–Crippen LogP) is 5.24. The van der Waals surface area contributed by atoms with Gasteiger partial charge in [0.15, 0.2) is 0 Å². The molecule has 0 aromatic heterocycles. The Morgan fingerprint density at radius 3 is 2.76 bits per heavy atom. The Balaban J connectivity index is 1.67. The number of nitrogens with zero attached hydrogens (tertiary/aromatic N) is 2. The number of thioether (sulfide) groups is 2. The number of hydrogen-bond donors (Lipinski definition) is 0. The molecule has 4 rings (SSSR count). The van der Waals surface area contributed by atoms with Crippen molar-refractivity contribution < 1.29 is 17.9 Å². The minimum Gasteiger partial charge on any atom is -0.373 e. The topological polar surface area (TPSA) is 24.8 Å². The molecule has 0 fully saturated rings. The van der Waals surface area contributed by atoms with Crippen LogP contribution in [-0.4, -0.2) is 56.5 Å². The molecule has 0 saturated heterocycles. The van der Waals surface area contributed by atoms with E-state index in [1.165, 1.54) is 35.7 Å². The Morgan fingerprint density at radius 1 is 1.17 bits per heavy atom. The van der Waals surface area contributed by atoms with Crippen LogP contribution in [0.15, 0.2) is 72.4 Å². The number of aliphatic imine (C=N–C) groups is 1. The van der Waals surface area contributed by atoms with Crippen LogP contribution in [0, 0.1) is 0 Å². The summed E-state index contributed by atoms with van der Waals surface area (Å²) in [5.74, 6) is 0. The lowest BCUT2D eigenvalue weighted by Gasteiger charge is -2.20. The minimum absolute atomic E-state index is 0.249. The second-order valence-electron chi connectivity index (χ2n) is 7.30. The van der Waals surface area contributed by atoms with Gasteiger partial charge in [-0.1, -0.05) is 35.7 Å². The number of halogens is 3. The van der Waals surface area contributed by atoms with Crippen LogP contribution < -0.4 is 0 Å². The minimum atomic E-state index is -4.40. The van der Waals surface area contributed by atoms with Crippen molar-refractivity contribution in [3.05, 3.63) is 67.4 Å². The zero-order valence-corrected chi connectivity index (χ0v) is 17.8. The third kappa shape index (κ3) is 4.50. The highest BCUT2D eigenvalue weighted by Crippen LogP contribution is 2.52. The molecule has 8 heteroatoms. The summed E-state index contributed by atoms with van der Waals surface area (Å²) in [6.07, 6.45) is 2.78. The summed E-state index contributed by atoms with van der Waals surface area (Å²) < 4.78 is 46.7. The summed E-state index contributed by atoms with van der Waals surface area (Å²) in [5.41, 5.74) is 2.78. The van der Waals surface area contributed by atoms with E-state index in [0.29, 0.717) is 30.8 Å². The van der Waals surface area contributed by atoms with Crippen LogP contribution in [0.4, 0.5) is 13.2 Å². The smallest absolute Gasteiger partial charge is 0.373 e. The van der Waals surface area contributed by atoms with Gasteiger partial charge in [-0.15, -0.1) is 0 Å². The van der Waals surface area contributed by atoms with E-state index in [2.05, 4.69) is 4.99 Å². The average Bonchev–Trinajstić information content (AvgIpc) is 2.94. The van der Waals surface area contributed by atoms with Gasteiger partial charge in [0.25, 0.3) is 0 Å². The molecular weight excluding hydrogens is 417 g/mol. The number of likely N-dealkylation sites (N-methyl/N-ethyl adjacent to an activating group) is 1. The summed E-state index contributed by atoms with van der Waals surface area (Å²) in [7, 11) is 3.96. The van der Waals surface area contributed by atoms with E-state index >= 15 is 0 Å². The highest BCUT2D eigenvalue weighted by molar-refractivity contribution is 8.17. The maximum Gasteiger partial charge on any atom is 0.416 e. The number of hydrogen-bond acceptors (Lipinski definition) is 5. The molecule has 2 heterocycles. The van der Waals surface area contributed by atoms with E-state index < -0.39 is 11.7 Å². The van der Waals surface area contributed by atoms with Crippen molar-refractivity contribution in [2.24, 2.45) is 4.99 Å². The number of alkyl halides is 3. The molecule has 0 radical (unpaired) electrons. The van der Waals surface area contributed by atoms with Crippen molar-refractivity contribution in [3.63, 3.8) is 0 Å². The van der Waals surface area contributed by atoms with Gasteiger partial charge in [-0.25, -0.2) is 0 Å². The molecule has 154 valence electrons. The fraction of sp³-hybridized carbons (Fsp3) is 0.381. The van der Waals surface area contributed by atoms with Crippen LogP contribution in [0.25, 0.3) is 0 Å². The lowest BCUT2D eigenvalue weighted by atomic mass is 10.1. The summed E-state index contributed by atoms with van der Waals surface area (Å²) in [6.45, 7) is 2.03. The highest BCUT2D eigenvalue weighted by Gasteiger charge is 2.38. The molecule has 29 heavy (non-hydrogen) atoms. The number of fused-ring (bicyclic) bond motifs is 3. The second kappa shape index (κ2) is 8.34. The van der Waals surface area contributed by atoms with Crippen molar-refractivity contribution >= 4 is 28.6 Å². The second-order valence-corrected chi connectivity index (χ2v) is 9.30. The maximum absolute atomic E-state index is 13.7. The molecule has 0 N–H and O–H groups in total. The third-order valence-electron chi connectivity index (χ3n) is 4.87. The molecule has 0 amide bonds. The molecule has 0 atom stereocenters. The molecule has 3 nitrogen and oxygen atoms in total. The van der Waals surface area contributed by atoms with Crippen LogP contribution in [0.2, 0.25) is 0 Å². The van der Waals surface area contributed by atoms with Gasteiger partial charge in [0, 0.05) is 22.8 Å². The molecule has 4 aliphatic rings. The zero-order valence-electron chi connectivity index (χ0n) is 16.2. The third-order valence-corrected chi connectivity index (χ3v) is 7.07. The monoisotopic (exact) mass is 438 g/mol. The standard InChI is InChI=1S/C21H21F3N2OS2/c1-26(2)5-6-27-12-18-25-11-14-8-15(21(22,23)24)10-17-16(20(14)29-18)9-13-4-3-7-28-19(13)17/h3-4,7-8,10H,5-6,9,11-12H2,1-2H3. The molecule has 2 aliphatic carbocycles. The van der Waals surface area contributed by atoms with Crippen molar-refractivity contribution in [2.45, 2.75) is 12.6 Å². The zero-order chi connectivity index (χ0) is 20.6. The Morgan fingerprint density at radius 2 is 2.00 bits per heavy atom. The Bertz CT molecular complexity index is 934. The Kier molecular flexibility index (Phi) is 5.97. The first-order chi connectivity index (χ1) is 13.8. The molecule has 0 unspecified atom stereocenters. The fourth-order valence-electron chi connectivity index (χ4n) is 3.43. The lowest BCUT2D eigenvalue weighted by molar-refractivity contribution is -0.0882. The molecule has 0 aromatic carbocycles. The van der Waals surface area contributed by atoms with Crippen molar-refractivity contribution in [2.75, 3.05) is 40.4 Å². The largest absolute Gasteiger partial charge is 0.416 e. The van der Waals surface area contributed by atoms with Crippen LogP contribution >= 0.6 is 23.5 Å². The summed E-state index contributed by atoms with van der Waals surface area (Å²) >= 11 is 2.95. The first kappa shape index (κ1) is 20.8. The van der Waals surface area contributed by atoms with Gasteiger partial charge < -0.3 is 9.64 Å². The van der Waals surface area contributed by atoms with E-state index in [4.69, 9.17) is 4.74 Å². The van der Waals surface area contributed by atoms with Crippen LogP contribution in [0.1, 0.15) is 6.42 Å². The molecule has 0 aromatic rings. The van der Waals surface area contributed by atoms with E-state index in [1.807, 2.05) is 36.6 Å². The SMILES string of the molecule is CN(C)CCOCC1=NCC2=CC(C(F)(F)F)=CC3=C4SC=CC=C4CC3=C2S1. The number of ether oxygens (including phenoxy) is 1. The Hall–Kier alpha value is -1.48. The van der Waals surface area contributed by atoms with Gasteiger partial charge in [0.1, 0.15) is 0 Å². The first-order valence-corrected chi connectivity index (χ1v) is 11.0. The summed E-state index contributed by atoms with van der Waals surface area (Å²) in [4.78, 5) is 8.36. The van der Waals surface area contributed by atoms with Crippen molar-refractivity contribution in [3.8, 4) is 0 Å². The maximum atomic E-state index is 13.7. The molecular formula is C21H21F3N2OS2. The van der Waals surface area contributed by atoms with Gasteiger partial charge in [0.05, 0.1) is 30.4 Å². The Labute approximate surface area is 176 Å². The molecule has 0 bridgehead atoms.